The highest BCUT2D eigenvalue weighted by atomic mass is 35.5. The fraction of sp³-hybridized carbons (Fsp3) is 0.455. The molecule has 2 rings (SSSR count). The number of aromatic nitrogens is 3. The van der Waals surface area contributed by atoms with Crippen LogP contribution in [0.2, 0.25) is 0 Å². The largest absolute Gasteiger partial charge is 0.360 e. The van der Waals surface area contributed by atoms with Crippen LogP contribution in [0.1, 0.15) is 13.3 Å². The van der Waals surface area contributed by atoms with Gasteiger partial charge in [-0.1, -0.05) is 6.92 Å². The second-order valence-electron chi connectivity index (χ2n) is 3.96. The average molecular weight is 273 g/mol. The highest BCUT2D eigenvalue weighted by Gasteiger charge is 2.27. The molecule has 0 saturated heterocycles. The Bertz CT molecular complexity index is 485. The van der Waals surface area contributed by atoms with E-state index in [1.807, 2.05) is 13.0 Å². The van der Waals surface area contributed by atoms with Crippen LogP contribution in [0, 0.1) is 0 Å². The predicted octanol–water partition coefficient (Wildman–Crippen LogP) is 2.77. The molecule has 2 heterocycles. The molecule has 17 heavy (non-hydrogen) atoms. The second kappa shape index (κ2) is 5.10. The highest BCUT2D eigenvalue weighted by molar-refractivity contribution is 6.22. The molecule has 0 saturated carbocycles. The van der Waals surface area contributed by atoms with Gasteiger partial charge in [0.25, 0.3) is 0 Å². The molecule has 0 aliphatic rings. The number of hydrogen-bond acceptors (Lipinski definition) is 3. The van der Waals surface area contributed by atoms with Crippen LogP contribution < -0.4 is 5.32 Å². The third-order valence-electron chi connectivity index (χ3n) is 2.90. The van der Waals surface area contributed by atoms with Gasteiger partial charge in [-0.2, -0.15) is 5.10 Å². The smallest absolute Gasteiger partial charge is 0.152 e. The first-order valence-electron chi connectivity index (χ1n) is 5.43. The highest BCUT2D eigenvalue weighted by Crippen LogP contribution is 2.23. The number of nitrogens with one attached hydrogen (secondary N) is 1. The lowest BCUT2D eigenvalue weighted by Gasteiger charge is -2.30. The second-order valence-corrected chi connectivity index (χ2v) is 4.50. The summed E-state index contributed by atoms with van der Waals surface area (Å²) >= 11 is 12.0. The van der Waals surface area contributed by atoms with Crippen LogP contribution in [0.3, 0.4) is 0 Å². The molecular weight excluding hydrogens is 259 g/mol. The topological polar surface area (TPSA) is 42.2 Å². The Morgan fingerprint density at radius 3 is 2.76 bits per heavy atom. The summed E-state index contributed by atoms with van der Waals surface area (Å²) in [6.45, 7) is 2.05. The van der Waals surface area contributed by atoms with Crippen LogP contribution in [0.25, 0.3) is 5.52 Å². The number of hydrogen-bond donors (Lipinski definition) is 1. The van der Waals surface area contributed by atoms with Gasteiger partial charge in [0.05, 0.1) is 11.7 Å². The number of alkyl halides is 2. The molecule has 0 radical (unpaired) electrons. The lowest BCUT2D eigenvalue weighted by Crippen LogP contribution is -2.42. The summed E-state index contributed by atoms with van der Waals surface area (Å²) in [6, 6.07) is 1.90. The molecule has 0 bridgehead atoms. The van der Waals surface area contributed by atoms with Crippen molar-refractivity contribution in [1.82, 2.24) is 14.6 Å². The molecule has 1 N–H and O–H groups in total. The maximum atomic E-state index is 6.00. The number of halogens is 2. The molecule has 0 atom stereocenters. The average Bonchev–Trinajstić information content (AvgIpc) is 2.85. The monoisotopic (exact) mass is 272 g/mol. The Kier molecular flexibility index (Phi) is 3.74. The third-order valence-corrected chi connectivity index (χ3v) is 3.92. The molecule has 6 heteroatoms. The van der Waals surface area contributed by atoms with Gasteiger partial charge in [0.15, 0.2) is 5.82 Å². The first-order valence-corrected chi connectivity index (χ1v) is 6.50. The normalized spacial score (nSPS) is 11.9. The number of fused-ring (bicyclic) bond motifs is 1. The van der Waals surface area contributed by atoms with Gasteiger partial charge in [-0.3, -0.25) is 0 Å². The lowest BCUT2D eigenvalue weighted by atomic mass is 10.0. The number of anilines is 1. The van der Waals surface area contributed by atoms with Gasteiger partial charge in [0.2, 0.25) is 0 Å². The first-order chi connectivity index (χ1) is 8.24. The van der Waals surface area contributed by atoms with E-state index in [-0.39, 0.29) is 5.54 Å². The zero-order chi connectivity index (χ0) is 12.3. The minimum atomic E-state index is -0.331. The third kappa shape index (κ3) is 2.33. The van der Waals surface area contributed by atoms with Crippen molar-refractivity contribution in [2.75, 3.05) is 17.1 Å². The van der Waals surface area contributed by atoms with E-state index in [0.717, 1.165) is 17.8 Å². The van der Waals surface area contributed by atoms with Crippen LogP contribution in [-0.2, 0) is 0 Å². The van der Waals surface area contributed by atoms with Crippen LogP contribution in [0.5, 0.6) is 0 Å². The Hall–Kier alpha value is -1.00. The van der Waals surface area contributed by atoms with Crippen molar-refractivity contribution in [1.29, 1.82) is 0 Å². The SMILES string of the molecule is CCC(CCl)(CCl)Nc1nccn2nccc12. The van der Waals surface area contributed by atoms with Crippen LogP contribution in [0.4, 0.5) is 5.82 Å². The lowest BCUT2D eigenvalue weighted by molar-refractivity contribution is 0.558. The standard InChI is InChI=1S/C11H14Cl2N4/c1-2-11(7-12,8-13)16-10-9-3-4-15-17(9)6-5-14-10/h3-6H,2,7-8H2,1H3,(H,14,16). The zero-order valence-corrected chi connectivity index (χ0v) is 11.0. The Balaban J connectivity index is 2.37. The Morgan fingerprint density at radius 1 is 1.35 bits per heavy atom. The summed E-state index contributed by atoms with van der Waals surface area (Å²) in [5.41, 5.74) is 0.586. The minimum Gasteiger partial charge on any atom is -0.360 e. The summed E-state index contributed by atoms with van der Waals surface area (Å²) in [6.07, 6.45) is 6.06. The molecule has 0 aromatic carbocycles. The van der Waals surface area contributed by atoms with Gasteiger partial charge >= 0.3 is 0 Å². The van der Waals surface area contributed by atoms with E-state index < -0.39 is 0 Å². The van der Waals surface area contributed by atoms with Gasteiger partial charge in [-0.25, -0.2) is 9.50 Å². The number of nitrogens with zero attached hydrogens (tertiary/aromatic N) is 3. The fourth-order valence-corrected chi connectivity index (χ4v) is 2.38. The summed E-state index contributed by atoms with van der Waals surface area (Å²) in [7, 11) is 0. The molecule has 0 aliphatic heterocycles. The van der Waals surface area contributed by atoms with Crippen LogP contribution in [0.15, 0.2) is 24.7 Å². The molecule has 0 fully saturated rings. The Labute approximate surface area is 110 Å². The first kappa shape index (κ1) is 12.5. The maximum Gasteiger partial charge on any atom is 0.152 e. The molecule has 0 aliphatic carbocycles. The van der Waals surface area contributed by atoms with Gasteiger partial charge in [-0.05, 0) is 12.5 Å². The van der Waals surface area contributed by atoms with E-state index in [0.29, 0.717) is 11.8 Å². The predicted molar refractivity (Wildman–Crippen MR) is 71.1 cm³/mol. The van der Waals surface area contributed by atoms with Crippen molar-refractivity contribution < 1.29 is 0 Å². The van der Waals surface area contributed by atoms with E-state index >= 15 is 0 Å². The van der Waals surface area contributed by atoms with E-state index in [9.17, 15) is 0 Å². The molecule has 0 unspecified atom stereocenters. The molecule has 92 valence electrons. The van der Waals surface area contributed by atoms with Gasteiger partial charge in [0.1, 0.15) is 5.52 Å². The molecule has 2 aromatic heterocycles. The molecule has 0 spiro atoms. The van der Waals surface area contributed by atoms with E-state index in [1.54, 1.807) is 23.1 Å². The van der Waals surface area contributed by atoms with Gasteiger partial charge in [-0.15, -0.1) is 23.2 Å². The van der Waals surface area contributed by atoms with Crippen LogP contribution in [-0.4, -0.2) is 31.9 Å². The van der Waals surface area contributed by atoms with Crippen molar-refractivity contribution >= 4 is 34.5 Å². The molecule has 2 aromatic rings. The summed E-state index contributed by atoms with van der Waals surface area (Å²) in [4.78, 5) is 4.32. The van der Waals surface area contributed by atoms with Gasteiger partial charge in [0, 0.05) is 24.2 Å². The Morgan fingerprint density at radius 2 is 2.12 bits per heavy atom. The van der Waals surface area contributed by atoms with Crippen molar-refractivity contribution in [2.24, 2.45) is 0 Å². The van der Waals surface area contributed by atoms with Crippen molar-refractivity contribution in [2.45, 2.75) is 18.9 Å². The summed E-state index contributed by atoms with van der Waals surface area (Å²) in [5, 5.41) is 7.49. The molecule has 0 amide bonds. The zero-order valence-electron chi connectivity index (χ0n) is 9.53. The van der Waals surface area contributed by atoms with Crippen LogP contribution >= 0.6 is 23.2 Å². The summed E-state index contributed by atoms with van der Waals surface area (Å²) in [5.74, 6) is 1.63. The van der Waals surface area contributed by atoms with E-state index in [2.05, 4.69) is 15.4 Å². The van der Waals surface area contributed by atoms with E-state index in [1.165, 1.54) is 0 Å². The molecule has 4 nitrogen and oxygen atoms in total. The van der Waals surface area contributed by atoms with Crippen molar-refractivity contribution in [3.8, 4) is 0 Å². The minimum absolute atomic E-state index is 0.331. The van der Waals surface area contributed by atoms with Crippen molar-refractivity contribution in [3.63, 3.8) is 0 Å². The quantitative estimate of drug-likeness (QED) is 0.852. The maximum absolute atomic E-state index is 6.00. The van der Waals surface area contributed by atoms with Gasteiger partial charge < -0.3 is 5.32 Å². The van der Waals surface area contributed by atoms with Crippen molar-refractivity contribution in [3.05, 3.63) is 24.7 Å². The fourth-order valence-electron chi connectivity index (χ4n) is 1.59. The molecular formula is C11H14Cl2N4. The van der Waals surface area contributed by atoms with E-state index in [4.69, 9.17) is 23.2 Å². The number of rotatable bonds is 5. The summed E-state index contributed by atoms with van der Waals surface area (Å²) < 4.78 is 1.76.